The number of hydrogen-bond donors (Lipinski definition) is 1. The van der Waals surface area contributed by atoms with E-state index in [0.29, 0.717) is 5.82 Å². The van der Waals surface area contributed by atoms with Gasteiger partial charge in [0.1, 0.15) is 0 Å². The van der Waals surface area contributed by atoms with E-state index in [9.17, 15) is 0 Å². The first-order valence-electron chi connectivity index (χ1n) is 2.96. The summed E-state index contributed by atoms with van der Waals surface area (Å²) in [6.45, 7) is 0. The fourth-order valence-corrected chi connectivity index (χ4v) is 0.940. The van der Waals surface area contributed by atoms with Crippen LogP contribution >= 0.6 is 22.6 Å². The van der Waals surface area contributed by atoms with Crippen molar-refractivity contribution in [2.45, 2.75) is 0 Å². The molecule has 0 aromatic carbocycles. The zero-order chi connectivity index (χ0) is 8.10. The number of aliphatic imine (C=N–C) groups is 1. The normalized spacial score (nSPS) is 10.3. The van der Waals surface area contributed by atoms with Gasteiger partial charge in [0.05, 0.1) is 4.22 Å². The highest BCUT2D eigenvalue weighted by molar-refractivity contribution is 14.1. The van der Waals surface area contributed by atoms with E-state index in [1.165, 1.54) is 6.21 Å². The number of aromatic nitrogens is 1. The van der Waals surface area contributed by atoms with Gasteiger partial charge in [-0.25, -0.2) is 9.98 Å². The predicted octanol–water partition coefficient (Wildman–Crippen LogP) is 2.17. The SMILES string of the molecule is N=Cc1cccnc1/N=C\I. The van der Waals surface area contributed by atoms with E-state index in [2.05, 4.69) is 9.98 Å². The third-order valence-corrected chi connectivity index (χ3v) is 1.42. The Balaban J connectivity index is 3.11. The van der Waals surface area contributed by atoms with Crippen molar-refractivity contribution < 1.29 is 0 Å². The lowest BCUT2D eigenvalue weighted by Gasteiger charge is -1.94. The van der Waals surface area contributed by atoms with E-state index in [1.807, 2.05) is 22.6 Å². The highest BCUT2D eigenvalue weighted by Gasteiger charge is 1.94. The van der Waals surface area contributed by atoms with Crippen molar-refractivity contribution in [3.8, 4) is 0 Å². The maximum Gasteiger partial charge on any atom is 0.161 e. The van der Waals surface area contributed by atoms with E-state index < -0.39 is 0 Å². The lowest BCUT2D eigenvalue weighted by molar-refractivity contribution is 1.27. The number of hydrogen-bond acceptors (Lipinski definition) is 3. The van der Waals surface area contributed by atoms with Crippen LogP contribution in [-0.4, -0.2) is 15.4 Å². The van der Waals surface area contributed by atoms with Crippen molar-refractivity contribution in [3.05, 3.63) is 23.9 Å². The molecule has 0 saturated heterocycles. The average molecular weight is 259 g/mol. The molecule has 11 heavy (non-hydrogen) atoms. The summed E-state index contributed by atoms with van der Waals surface area (Å²) < 4.78 is 1.63. The summed E-state index contributed by atoms with van der Waals surface area (Å²) in [5.74, 6) is 0.594. The van der Waals surface area contributed by atoms with Crippen LogP contribution in [0.5, 0.6) is 0 Å². The summed E-state index contributed by atoms with van der Waals surface area (Å²) in [6, 6.07) is 3.59. The summed E-state index contributed by atoms with van der Waals surface area (Å²) in [6.07, 6.45) is 2.90. The second-order valence-electron chi connectivity index (χ2n) is 1.79. The fraction of sp³-hybridized carbons (Fsp3) is 0. The molecule has 0 saturated carbocycles. The van der Waals surface area contributed by atoms with Crippen molar-refractivity contribution in [1.29, 1.82) is 5.41 Å². The topological polar surface area (TPSA) is 49.1 Å². The maximum atomic E-state index is 7.02. The van der Waals surface area contributed by atoms with Crippen molar-refractivity contribution in [1.82, 2.24) is 4.98 Å². The minimum absolute atomic E-state index is 0.594. The molecule has 3 nitrogen and oxygen atoms in total. The molecule has 0 aliphatic rings. The van der Waals surface area contributed by atoms with Crippen LogP contribution in [-0.2, 0) is 0 Å². The Hall–Kier alpha value is -0.780. The molecule has 0 spiro atoms. The third kappa shape index (κ3) is 2.07. The molecular formula is C7H6IN3. The molecule has 0 atom stereocenters. The summed E-state index contributed by atoms with van der Waals surface area (Å²) in [7, 11) is 0. The summed E-state index contributed by atoms with van der Waals surface area (Å²) >= 11 is 2.02. The molecule has 0 aliphatic carbocycles. The van der Waals surface area contributed by atoms with E-state index in [1.54, 1.807) is 22.6 Å². The summed E-state index contributed by atoms with van der Waals surface area (Å²) in [5, 5.41) is 7.02. The molecule has 0 unspecified atom stereocenters. The van der Waals surface area contributed by atoms with Crippen molar-refractivity contribution in [2.24, 2.45) is 4.99 Å². The Morgan fingerprint density at radius 3 is 3.09 bits per heavy atom. The molecule has 1 heterocycles. The zero-order valence-electron chi connectivity index (χ0n) is 5.66. The molecule has 0 aliphatic heterocycles. The number of rotatable bonds is 2. The highest BCUT2D eigenvalue weighted by Crippen LogP contribution is 2.11. The van der Waals surface area contributed by atoms with Crippen LogP contribution in [0, 0.1) is 5.41 Å². The quantitative estimate of drug-likeness (QED) is 0.642. The molecule has 1 N–H and O–H groups in total. The monoisotopic (exact) mass is 259 g/mol. The Kier molecular flexibility index (Phi) is 3.15. The average Bonchev–Trinajstić information content (AvgIpc) is 2.06. The van der Waals surface area contributed by atoms with Crippen LogP contribution in [0.2, 0.25) is 0 Å². The Morgan fingerprint density at radius 1 is 1.64 bits per heavy atom. The van der Waals surface area contributed by atoms with E-state index >= 15 is 0 Å². The largest absolute Gasteiger partial charge is 0.308 e. The molecule has 1 aromatic heterocycles. The number of halogens is 1. The molecule has 56 valence electrons. The Bertz CT molecular complexity index is 283. The van der Waals surface area contributed by atoms with Gasteiger partial charge in [-0.05, 0) is 34.7 Å². The minimum atomic E-state index is 0.594. The molecule has 0 bridgehead atoms. The summed E-state index contributed by atoms with van der Waals surface area (Å²) in [4.78, 5) is 7.96. The van der Waals surface area contributed by atoms with Crippen LogP contribution in [0.4, 0.5) is 5.82 Å². The molecule has 1 aromatic rings. The van der Waals surface area contributed by atoms with Gasteiger partial charge in [-0.1, -0.05) is 0 Å². The zero-order valence-corrected chi connectivity index (χ0v) is 7.82. The number of nitrogens with one attached hydrogen (secondary N) is 1. The predicted molar refractivity (Wildman–Crippen MR) is 54.3 cm³/mol. The van der Waals surface area contributed by atoms with Gasteiger partial charge in [0.2, 0.25) is 0 Å². The number of pyridine rings is 1. The van der Waals surface area contributed by atoms with Crippen LogP contribution in [0.1, 0.15) is 5.56 Å². The smallest absolute Gasteiger partial charge is 0.161 e. The van der Waals surface area contributed by atoms with Gasteiger partial charge in [0, 0.05) is 18.0 Å². The van der Waals surface area contributed by atoms with Crippen LogP contribution in [0.3, 0.4) is 0 Å². The van der Waals surface area contributed by atoms with Crippen molar-refractivity contribution in [3.63, 3.8) is 0 Å². The Labute approximate surface area is 78.2 Å². The second-order valence-corrected chi connectivity index (χ2v) is 2.34. The molecule has 0 radical (unpaired) electrons. The van der Waals surface area contributed by atoms with E-state index in [4.69, 9.17) is 5.41 Å². The first-order chi connectivity index (χ1) is 5.38. The standard InChI is InChI=1S/C7H6IN3/c8-5-11-7-6(4-9)2-1-3-10-7/h1-5,9H/b9-4?,11-5-. The molecule has 0 amide bonds. The molecule has 0 fully saturated rings. The molecule has 1 rings (SSSR count). The van der Waals surface area contributed by atoms with Gasteiger partial charge >= 0.3 is 0 Å². The lowest BCUT2D eigenvalue weighted by Crippen LogP contribution is -1.82. The van der Waals surface area contributed by atoms with Gasteiger partial charge in [-0.15, -0.1) is 0 Å². The van der Waals surface area contributed by atoms with Crippen LogP contribution in [0.25, 0.3) is 0 Å². The van der Waals surface area contributed by atoms with Crippen LogP contribution in [0.15, 0.2) is 23.3 Å². The van der Waals surface area contributed by atoms with E-state index in [0.717, 1.165) is 5.56 Å². The second kappa shape index (κ2) is 4.17. The maximum absolute atomic E-state index is 7.02. The fourth-order valence-electron chi connectivity index (χ4n) is 0.676. The van der Waals surface area contributed by atoms with Crippen LogP contribution < -0.4 is 0 Å². The molecule has 4 heteroatoms. The minimum Gasteiger partial charge on any atom is -0.308 e. The molecular weight excluding hydrogens is 253 g/mol. The van der Waals surface area contributed by atoms with Crippen molar-refractivity contribution in [2.75, 3.05) is 0 Å². The van der Waals surface area contributed by atoms with E-state index in [-0.39, 0.29) is 0 Å². The van der Waals surface area contributed by atoms with Gasteiger partial charge in [-0.2, -0.15) is 0 Å². The third-order valence-electron chi connectivity index (χ3n) is 1.14. The van der Waals surface area contributed by atoms with Gasteiger partial charge in [0.15, 0.2) is 5.82 Å². The Morgan fingerprint density at radius 2 is 2.45 bits per heavy atom. The van der Waals surface area contributed by atoms with Gasteiger partial charge in [-0.3, -0.25) is 0 Å². The lowest BCUT2D eigenvalue weighted by atomic mass is 10.3. The van der Waals surface area contributed by atoms with Crippen molar-refractivity contribution >= 4 is 38.8 Å². The van der Waals surface area contributed by atoms with Gasteiger partial charge < -0.3 is 5.41 Å². The first kappa shape index (κ1) is 8.32. The first-order valence-corrected chi connectivity index (χ1v) is 4.21. The number of nitrogens with zero attached hydrogens (tertiary/aromatic N) is 2. The highest BCUT2D eigenvalue weighted by atomic mass is 127. The summed E-state index contributed by atoms with van der Waals surface area (Å²) in [5.41, 5.74) is 0.736. The van der Waals surface area contributed by atoms with Gasteiger partial charge in [0.25, 0.3) is 0 Å².